The lowest BCUT2D eigenvalue weighted by atomic mass is 9.96. The summed E-state index contributed by atoms with van der Waals surface area (Å²) in [6.07, 6.45) is 5.71. The smallest absolute Gasteiger partial charge is 0.274 e. The van der Waals surface area contributed by atoms with E-state index in [1.165, 1.54) is 0 Å². The number of aromatic nitrogens is 4. The van der Waals surface area contributed by atoms with Gasteiger partial charge in [-0.25, -0.2) is 4.98 Å². The van der Waals surface area contributed by atoms with Crippen LogP contribution < -0.4 is 10.5 Å². The molecule has 28 heavy (non-hydrogen) atoms. The van der Waals surface area contributed by atoms with Crippen LogP contribution in [0, 0.1) is 5.92 Å². The maximum atomic E-state index is 12.7. The summed E-state index contributed by atoms with van der Waals surface area (Å²) >= 11 is 0. The highest BCUT2D eigenvalue weighted by Gasteiger charge is 2.27. The van der Waals surface area contributed by atoms with E-state index in [1.807, 2.05) is 23.9 Å². The molecule has 4 rings (SSSR count). The number of hydrogen-bond donors (Lipinski definition) is 0. The van der Waals surface area contributed by atoms with Crippen LogP contribution >= 0.6 is 0 Å². The zero-order valence-electron chi connectivity index (χ0n) is 16.4. The summed E-state index contributed by atoms with van der Waals surface area (Å²) in [5.41, 5.74) is 1.34. The Hall–Kier alpha value is -2.77. The van der Waals surface area contributed by atoms with Gasteiger partial charge in [-0.2, -0.15) is 0 Å². The topological polar surface area (TPSA) is 84.2 Å². The molecule has 1 aliphatic heterocycles. The summed E-state index contributed by atoms with van der Waals surface area (Å²) in [4.78, 5) is 33.1. The first-order chi connectivity index (χ1) is 13.5. The quantitative estimate of drug-likeness (QED) is 0.780. The summed E-state index contributed by atoms with van der Waals surface area (Å²) in [6.45, 7) is 2.00. The molecule has 2 aromatic heterocycles. The third-order valence-electron chi connectivity index (χ3n) is 5.58. The van der Waals surface area contributed by atoms with E-state index in [-0.39, 0.29) is 11.5 Å². The van der Waals surface area contributed by atoms with Crippen molar-refractivity contribution < 1.29 is 4.79 Å². The van der Waals surface area contributed by atoms with E-state index in [4.69, 9.17) is 0 Å². The number of carbonyl (C=O) groups is 1. The van der Waals surface area contributed by atoms with Crippen molar-refractivity contribution in [1.82, 2.24) is 24.6 Å². The van der Waals surface area contributed by atoms with Crippen LogP contribution in [0.25, 0.3) is 0 Å². The maximum absolute atomic E-state index is 12.7. The Bertz CT molecular complexity index is 896. The monoisotopic (exact) mass is 382 g/mol. The molecule has 1 saturated carbocycles. The third kappa shape index (κ3) is 4.05. The van der Waals surface area contributed by atoms with Crippen molar-refractivity contribution in [1.29, 1.82) is 0 Å². The fourth-order valence-electron chi connectivity index (χ4n) is 3.62. The number of likely N-dealkylation sites (tertiary alicyclic amines) is 1. The molecule has 0 N–H and O–H groups in total. The highest BCUT2D eigenvalue weighted by Crippen LogP contribution is 2.38. The predicted octanol–water partition coefficient (Wildman–Crippen LogP) is 1.53. The van der Waals surface area contributed by atoms with Gasteiger partial charge in [-0.15, -0.1) is 10.2 Å². The third-order valence-corrected chi connectivity index (χ3v) is 5.58. The summed E-state index contributed by atoms with van der Waals surface area (Å²) < 4.78 is 1.71. The fraction of sp³-hybridized carbons (Fsp3) is 0.550. The highest BCUT2D eigenvalue weighted by atomic mass is 16.2. The van der Waals surface area contributed by atoms with E-state index < -0.39 is 0 Å². The lowest BCUT2D eigenvalue weighted by Gasteiger charge is -2.32. The van der Waals surface area contributed by atoms with Gasteiger partial charge in [0.1, 0.15) is 0 Å². The first-order valence-corrected chi connectivity index (χ1v) is 9.88. The summed E-state index contributed by atoms with van der Waals surface area (Å²) in [6, 6.07) is 5.22. The number of nitrogens with zero attached hydrogens (tertiary/aromatic N) is 6. The molecule has 0 bridgehead atoms. The Morgan fingerprint density at radius 2 is 1.89 bits per heavy atom. The summed E-state index contributed by atoms with van der Waals surface area (Å²) in [7, 11) is 3.77. The van der Waals surface area contributed by atoms with E-state index >= 15 is 0 Å². The van der Waals surface area contributed by atoms with Crippen molar-refractivity contribution >= 4 is 11.7 Å². The molecule has 0 aromatic carbocycles. The second-order valence-corrected chi connectivity index (χ2v) is 7.99. The van der Waals surface area contributed by atoms with Crippen molar-refractivity contribution in [3.63, 3.8) is 0 Å². The number of anilines is 1. The lowest BCUT2D eigenvalue weighted by Crippen LogP contribution is -2.40. The highest BCUT2D eigenvalue weighted by molar-refractivity contribution is 5.92. The van der Waals surface area contributed by atoms with Crippen LogP contribution in [0.4, 0.5) is 5.82 Å². The molecule has 0 spiro atoms. The molecule has 1 amide bonds. The van der Waals surface area contributed by atoms with Crippen LogP contribution in [0.5, 0.6) is 0 Å². The number of carbonyl (C=O) groups excluding carboxylic acids is 1. The molecule has 8 nitrogen and oxygen atoms in total. The molecule has 2 aliphatic rings. The van der Waals surface area contributed by atoms with Crippen LogP contribution in [-0.2, 0) is 6.54 Å². The number of piperidine rings is 1. The summed E-state index contributed by atoms with van der Waals surface area (Å²) in [5.74, 6) is 1.51. The first-order valence-electron chi connectivity index (χ1n) is 9.88. The lowest BCUT2D eigenvalue weighted by molar-refractivity contribution is 0.0675. The molecule has 1 saturated heterocycles. The minimum absolute atomic E-state index is 0.0339. The summed E-state index contributed by atoms with van der Waals surface area (Å²) in [5, 5.41) is 8.15. The molecular formula is C20H26N6O2. The minimum Gasteiger partial charge on any atom is -0.361 e. The largest absolute Gasteiger partial charge is 0.361 e. The molecule has 148 valence electrons. The number of hydrogen-bond acceptors (Lipinski definition) is 6. The van der Waals surface area contributed by atoms with Crippen LogP contribution in [0.1, 0.15) is 47.8 Å². The van der Waals surface area contributed by atoms with E-state index in [2.05, 4.69) is 15.2 Å². The normalized spacial score (nSPS) is 17.6. The van der Waals surface area contributed by atoms with Gasteiger partial charge in [-0.05, 0) is 43.7 Å². The minimum atomic E-state index is -0.0797. The van der Waals surface area contributed by atoms with Gasteiger partial charge in [0.2, 0.25) is 0 Å². The van der Waals surface area contributed by atoms with Gasteiger partial charge in [0, 0.05) is 45.7 Å². The molecule has 8 heteroatoms. The van der Waals surface area contributed by atoms with Crippen LogP contribution in [0.2, 0.25) is 0 Å². The Kier molecular flexibility index (Phi) is 5.11. The maximum Gasteiger partial charge on any atom is 0.274 e. The van der Waals surface area contributed by atoms with Crippen molar-refractivity contribution in [3.8, 4) is 0 Å². The van der Waals surface area contributed by atoms with Crippen molar-refractivity contribution in [3.05, 3.63) is 46.3 Å². The van der Waals surface area contributed by atoms with E-state index in [1.54, 1.807) is 29.1 Å². The van der Waals surface area contributed by atoms with Crippen molar-refractivity contribution in [2.24, 2.45) is 5.92 Å². The Balaban J connectivity index is 1.33. The van der Waals surface area contributed by atoms with Crippen LogP contribution in [0.3, 0.4) is 0 Å². The second-order valence-electron chi connectivity index (χ2n) is 7.99. The zero-order chi connectivity index (χ0) is 19.7. The van der Waals surface area contributed by atoms with Gasteiger partial charge in [0.05, 0.1) is 12.0 Å². The molecule has 0 atom stereocenters. The molecule has 1 aliphatic carbocycles. The van der Waals surface area contributed by atoms with E-state index in [9.17, 15) is 9.59 Å². The molecule has 2 fully saturated rings. The molecular weight excluding hydrogens is 356 g/mol. The van der Waals surface area contributed by atoms with Gasteiger partial charge in [-0.3, -0.25) is 14.2 Å². The first kappa shape index (κ1) is 18.6. The van der Waals surface area contributed by atoms with Crippen molar-refractivity contribution in [2.45, 2.75) is 38.1 Å². The van der Waals surface area contributed by atoms with Gasteiger partial charge in [0.15, 0.2) is 11.5 Å². The Morgan fingerprint density at radius 1 is 1.14 bits per heavy atom. The Labute approximate surface area is 164 Å². The van der Waals surface area contributed by atoms with Crippen LogP contribution in [0.15, 0.2) is 29.3 Å². The SMILES string of the molecule is CN(C)c1ccc(C(=O)N2CCC(Cn3cnc(C4CC4)cc3=O)CC2)nn1. The van der Waals surface area contributed by atoms with Crippen LogP contribution in [-0.4, -0.2) is 57.7 Å². The van der Waals surface area contributed by atoms with Crippen molar-refractivity contribution in [2.75, 3.05) is 32.1 Å². The molecule has 0 unspecified atom stereocenters. The number of rotatable bonds is 5. The molecule has 0 radical (unpaired) electrons. The van der Waals surface area contributed by atoms with Gasteiger partial charge >= 0.3 is 0 Å². The van der Waals surface area contributed by atoms with E-state index in [0.717, 1.165) is 37.2 Å². The second kappa shape index (κ2) is 7.69. The van der Waals surface area contributed by atoms with Gasteiger partial charge < -0.3 is 9.80 Å². The number of amides is 1. The molecule has 2 aromatic rings. The average molecular weight is 382 g/mol. The fourth-order valence-corrected chi connectivity index (χ4v) is 3.62. The average Bonchev–Trinajstić information content (AvgIpc) is 3.55. The predicted molar refractivity (Wildman–Crippen MR) is 105 cm³/mol. The van der Waals surface area contributed by atoms with E-state index in [0.29, 0.717) is 37.2 Å². The van der Waals surface area contributed by atoms with Gasteiger partial charge in [-0.1, -0.05) is 0 Å². The van der Waals surface area contributed by atoms with Gasteiger partial charge in [0.25, 0.3) is 11.5 Å². The standard InChI is InChI=1S/C20H26N6O2/c1-24(2)18-6-5-16(22-23-18)20(28)25-9-7-14(8-10-25)12-26-13-21-17(11-19(26)27)15-3-4-15/h5-6,11,13-15H,3-4,7-10,12H2,1-2H3. The molecule has 3 heterocycles. The zero-order valence-corrected chi connectivity index (χ0v) is 16.4. The Morgan fingerprint density at radius 3 is 2.46 bits per heavy atom.